The lowest BCUT2D eigenvalue weighted by atomic mass is 10.1. The van der Waals surface area contributed by atoms with Crippen molar-refractivity contribution >= 4 is 39.3 Å². The van der Waals surface area contributed by atoms with Gasteiger partial charge in [-0.05, 0) is 87.4 Å². The molecule has 0 aliphatic carbocycles. The quantitative estimate of drug-likeness (QED) is 0.207. The van der Waals surface area contributed by atoms with E-state index in [9.17, 15) is 18.0 Å². The number of amides is 2. The van der Waals surface area contributed by atoms with Gasteiger partial charge in [-0.15, -0.1) is 11.8 Å². The normalized spacial score (nSPS) is 12.7. The summed E-state index contributed by atoms with van der Waals surface area (Å²) in [6.45, 7) is 9.46. The summed E-state index contributed by atoms with van der Waals surface area (Å²) in [5, 5.41) is 3.01. The maximum absolute atomic E-state index is 14.3. The van der Waals surface area contributed by atoms with Crippen LogP contribution in [0.5, 0.6) is 5.75 Å². The summed E-state index contributed by atoms with van der Waals surface area (Å²) in [5.74, 6) is -0.422. The van der Waals surface area contributed by atoms with Gasteiger partial charge in [-0.3, -0.25) is 13.9 Å². The molecule has 0 saturated carbocycles. The molecule has 0 unspecified atom stereocenters. The Hall–Kier alpha value is -3.50. The fourth-order valence-corrected chi connectivity index (χ4v) is 6.49. The third kappa shape index (κ3) is 8.54. The maximum Gasteiger partial charge on any atom is 0.264 e. The largest absolute Gasteiger partial charge is 0.492 e. The first-order chi connectivity index (χ1) is 20.6. The smallest absolute Gasteiger partial charge is 0.264 e. The van der Waals surface area contributed by atoms with Gasteiger partial charge in [0.25, 0.3) is 10.0 Å². The van der Waals surface area contributed by atoms with Gasteiger partial charge in [0.05, 0.1) is 17.2 Å². The topological polar surface area (TPSA) is 96.0 Å². The van der Waals surface area contributed by atoms with Gasteiger partial charge < -0.3 is 15.0 Å². The van der Waals surface area contributed by atoms with Crippen molar-refractivity contribution in [3.05, 3.63) is 83.9 Å². The first-order valence-corrected chi connectivity index (χ1v) is 17.3. The Morgan fingerprint density at radius 2 is 1.58 bits per heavy atom. The highest BCUT2D eigenvalue weighted by Crippen LogP contribution is 2.33. The van der Waals surface area contributed by atoms with E-state index in [4.69, 9.17) is 4.74 Å². The van der Waals surface area contributed by atoms with E-state index in [-0.39, 0.29) is 29.1 Å². The molecule has 43 heavy (non-hydrogen) atoms. The lowest BCUT2D eigenvalue weighted by Crippen LogP contribution is -2.53. The predicted octanol–water partition coefficient (Wildman–Crippen LogP) is 6.03. The van der Waals surface area contributed by atoms with Gasteiger partial charge in [-0.2, -0.15) is 0 Å². The van der Waals surface area contributed by atoms with E-state index in [1.807, 2.05) is 65.1 Å². The molecule has 10 heteroatoms. The number of ether oxygens (including phenoxy) is 1. The molecule has 3 rings (SSSR count). The highest BCUT2D eigenvalue weighted by atomic mass is 32.2. The van der Waals surface area contributed by atoms with Crippen LogP contribution in [0.3, 0.4) is 0 Å². The third-order valence-electron chi connectivity index (χ3n) is 7.35. The summed E-state index contributed by atoms with van der Waals surface area (Å²) < 4.78 is 35.4. The van der Waals surface area contributed by atoms with Crippen LogP contribution in [-0.4, -0.2) is 56.6 Å². The van der Waals surface area contributed by atoms with Crippen LogP contribution in [0.2, 0.25) is 0 Å². The number of anilines is 1. The van der Waals surface area contributed by atoms with Crippen LogP contribution in [0.15, 0.2) is 82.6 Å². The minimum absolute atomic E-state index is 0.0522. The molecule has 232 valence electrons. The zero-order valence-corrected chi connectivity index (χ0v) is 27.5. The Morgan fingerprint density at radius 1 is 0.930 bits per heavy atom. The van der Waals surface area contributed by atoms with Crippen LogP contribution in [0.25, 0.3) is 0 Å². The van der Waals surface area contributed by atoms with Crippen LogP contribution in [0.1, 0.15) is 51.7 Å². The molecule has 3 aromatic rings. The van der Waals surface area contributed by atoms with Crippen LogP contribution < -0.4 is 14.4 Å². The molecule has 0 saturated heterocycles. The second kappa shape index (κ2) is 15.8. The predicted molar refractivity (Wildman–Crippen MR) is 174 cm³/mol. The van der Waals surface area contributed by atoms with Gasteiger partial charge in [0, 0.05) is 17.5 Å². The first-order valence-electron chi connectivity index (χ1n) is 14.6. The number of rotatable bonds is 15. The van der Waals surface area contributed by atoms with Crippen LogP contribution >= 0.6 is 11.8 Å². The molecule has 3 aromatic carbocycles. The highest BCUT2D eigenvalue weighted by molar-refractivity contribution is 7.98. The van der Waals surface area contributed by atoms with E-state index in [0.717, 1.165) is 26.7 Å². The summed E-state index contributed by atoms with van der Waals surface area (Å²) in [7, 11) is -4.21. The SMILES string of the molecule is CCOc1ccccc1N(CC(=O)N(Cc1ccccc1C)[C@@H](CC)C(=O)N[C@H](C)CC)S(=O)(=O)c1ccc(SC)cc1. The van der Waals surface area contributed by atoms with E-state index in [1.54, 1.807) is 48.5 Å². The van der Waals surface area contributed by atoms with Gasteiger partial charge in [0.2, 0.25) is 11.8 Å². The Morgan fingerprint density at radius 3 is 2.19 bits per heavy atom. The summed E-state index contributed by atoms with van der Waals surface area (Å²) in [6.07, 6.45) is 3.01. The molecule has 0 aliphatic rings. The van der Waals surface area contributed by atoms with Gasteiger partial charge >= 0.3 is 0 Å². The van der Waals surface area contributed by atoms with E-state index < -0.39 is 28.5 Å². The number of hydrogen-bond donors (Lipinski definition) is 1. The van der Waals surface area contributed by atoms with Crippen molar-refractivity contribution in [1.82, 2.24) is 10.2 Å². The number of nitrogens with zero attached hydrogens (tertiary/aromatic N) is 2. The number of thioether (sulfide) groups is 1. The molecule has 0 spiro atoms. The summed E-state index contributed by atoms with van der Waals surface area (Å²) in [4.78, 5) is 30.3. The molecular formula is C33H43N3O5S2. The summed E-state index contributed by atoms with van der Waals surface area (Å²) in [6, 6.07) is 20.1. The Balaban J connectivity index is 2.12. The van der Waals surface area contributed by atoms with Crippen molar-refractivity contribution in [2.75, 3.05) is 23.7 Å². The van der Waals surface area contributed by atoms with E-state index >= 15 is 0 Å². The molecule has 0 bridgehead atoms. The molecule has 1 N–H and O–H groups in total. The molecule has 2 atom stereocenters. The Kier molecular flexibility index (Phi) is 12.5. The van der Waals surface area contributed by atoms with Gasteiger partial charge in [0.1, 0.15) is 18.3 Å². The fraction of sp³-hybridized carbons (Fsp3) is 0.394. The van der Waals surface area contributed by atoms with Crippen molar-refractivity contribution in [3.8, 4) is 5.75 Å². The molecule has 0 fully saturated rings. The second-order valence-corrected chi connectivity index (χ2v) is 13.0. The maximum atomic E-state index is 14.3. The average molecular weight is 626 g/mol. The molecular weight excluding hydrogens is 583 g/mol. The van der Waals surface area contributed by atoms with Crippen molar-refractivity contribution in [3.63, 3.8) is 0 Å². The van der Waals surface area contributed by atoms with E-state index in [1.165, 1.54) is 16.7 Å². The Labute approximate surface area is 260 Å². The number of carbonyl (C=O) groups is 2. The zero-order chi connectivity index (χ0) is 31.6. The zero-order valence-electron chi connectivity index (χ0n) is 25.9. The monoisotopic (exact) mass is 625 g/mol. The van der Waals surface area contributed by atoms with Crippen LogP contribution in [-0.2, 0) is 26.2 Å². The lowest BCUT2D eigenvalue weighted by Gasteiger charge is -2.34. The lowest BCUT2D eigenvalue weighted by molar-refractivity contribution is -0.140. The number of hydrogen-bond acceptors (Lipinski definition) is 6. The van der Waals surface area contributed by atoms with Crippen molar-refractivity contribution in [1.29, 1.82) is 0 Å². The molecule has 0 aliphatic heterocycles. The first kappa shape index (κ1) is 34.0. The summed E-state index contributed by atoms with van der Waals surface area (Å²) in [5.41, 5.74) is 2.10. The number of sulfonamides is 1. The molecule has 8 nitrogen and oxygen atoms in total. The third-order valence-corrected chi connectivity index (χ3v) is 9.87. The average Bonchev–Trinajstić information content (AvgIpc) is 3.01. The minimum Gasteiger partial charge on any atom is -0.492 e. The standard InChI is InChI=1S/C33H43N3O5S2/c1-7-25(5)34-33(38)29(8-2)35(22-26-15-11-10-14-24(26)4)32(37)23-36(30-16-12-13-17-31(30)41-9-3)43(39,40)28-20-18-27(42-6)19-21-28/h10-21,25,29H,7-9,22-23H2,1-6H3,(H,34,38)/t25-,29+/m1/s1. The van der Waals surface area contributed by atoms with Crippen molar-refractivity contribution < 1.29 is 22.7 Å². The van der Waals surface area contributed by atoms with Crippen molar-refractivity contribution in [2.45, 2.75) is 75.9 Å². The highest BCUT2D eigenvalue weighted by Gasteiger charge is 2.35. The van der Waals surface area contributed by atoms with Crippen molar-refractivity contribution in [2.24, 2.45) is 0 Å². The minimum atomic E-state index is -4.21. The number of benzene rings is 3. The Bertz CT molecular complexity index is 1480. The van der Waals surface area contributed by atoms with Gasteiger partial charge in [0.15, 0.2) is 0 Å². The second-order valence-electron chi connectivity index (χ2n) is 10.3. The molecule has 2 amide bonds. The van der Waals surface area contributed by atoms with Gasteiger partial charge in [-0.25, -0.2) is 8.42 Å². The number of para-hydroxylation sites is 2. The number of carbonyl (C=O) groups excluding carboxylic acids is 2. The molecule has 0 radical (unpaired) electrons. The van der Waals surface area contributed by atoms with E-state index in [2.05, 4.69) is 5.32 Å². The van der Waals surface area contributed by atoms with Gasteiger partial charge in [-0.1, -0.05) is 50.2 Å². The molecule has 0 aromatic heterocycles. The fourth-order valence-electron chi connectivity index (χ4n) is 4.66. The molecule has 0 heterocycles. The summed E-state index contributed by atoms with van der Waals surface area (Å²) >= 11 is 1.51. The number of aryl methyl sites for hydroxylation is 1. The van der Waals surface area contributed by atoms with E-state index in [0.29, 0.717) is 18.8 Å². The van der Waals surface area contributed by atoms with Crippen LogP contribution in [0.4, 0.5) is 5.69 Å². The number of nitrogens with one attached hydrogen (secondary N) is 1. The van der Waals surface area contributed by atoms with Crippen LogP contribution in [0, 0.1) is 6.92 Å².